The third kappa shape index (κ3) is 3.52. The summed E-state index contributed by atoms with van der Waals surface area (Å²) in [6, 6.07) is 16.5. The highest BCUT2D eigenvalue weighted by molar-refractivity contribution is 5.45. The Morgan fingerprint density at radius 3 is 2.53 bits per heavy atom. The molecule has 0 radical (unpaired) electrons. The zero-order valence-corrected chi connectivity index (χ0v) is 10.1. The maximum absolute atomic E-state index is 5.74. The Morgan fingerprint density at radius 2 is 1.82 bits per heavy atom. The van der Waals surface area contributed by atoms with E-state index in [9.17, 15) is 0 Å². The Bertz CT molecular complexity index is 475. The SMILES string of the molecule is Cc1ccc(NCCc2cccc(N)c2)cc1. The van der Waals surface area contributed by atoms with Gasteiger partial charge in [-0.05, 0) is 43.2 Å². The number of nitrogen functional groups attached to an aromatic ring is 1. The Hall–Kier alpha value is -1.96. The Morgan fingerprint density at radius 1 is 1.06 bits per heavy atom. The first-order valence-electron chi connectivity index (χ1n) is 5.89. The number of benzene rings is 2. The van der Waals surface area contributed by atoms with E-state index in [1.165, 1.54) is 16.8 Å². The summed E-state index contributed by atoms with van der Waals surface area (Å²) in [5.74, 6) is 0. The first kappa shape index (κ1) is 11.5. The standard InChI is InChI=1S/C15H18N2/c1-12-5-7-15(8-6-12)17-10-9-13-3-2-4-14(16)11-13/h2-8,11,17H,9-10,16H2,1H3. The minimum Gasteiger partial charge on any atom is -0.399 e. The molecule has 2 heteroatoms. The molecule has 0 heterocycles. The van der Waals surface area contributed by atoms with Crippen LogP contribution in [0.2, 0.25) is 0 Å². The van der Waals surface area contributed by atoms with E-state index in [0.29, 0.717) is 0 Å². The van der Waals surface area contributed by atoms with Crippen molar-refractivity contribution in [2.75, 3.05) is 17.6 Å². The molecule has 0 saturated heterocycles. The lowest BCUT2D eigenvalue weighted by atomic mass is 10.1. The van der Waals surface area contributed by atoms with Crippen LogP contribution in [0.15, 0.2) is 48.5 Å². The highest BCUT2D eigenvalue weighted by Crippen LogP contribution is 2.10. The molecule has 88 valence electrons. The van der Waals surface area contributed by atoms with Crippen LogP contribution in [-0.4, -0.2) is 6.54 Å². The largest absolute Gasteiger partial charge is 0.399 e. The number of rotatable bonds is 4. The minimum atomic E-state index is 0.831. The van der Waals surface area contributed by atoms with Crippen molar-refractivity contribution in [3.8, 4) is 0 Å². The third-order valence-electron chi connectivity index (χ3n) is 2.75. The summed E-state index contributed by atoms with van der Waals surface area (Å²) >= 11 is 0. The van der Waals surface area contributed by atoms with E-state index in [1.807, 2.05) is 18.2 Å². The van der Waals surface area contributed by atoms with Gasteiger partial charge in [-0.3, -0.25) is 0 Å². The number of nitrogens with one attached hydrogen (secondary N) is 1. The van der Waals surface area contributed by atoms with Crippen molar-refractivity contribution in [2.24, 2.45) is 0 Å². The van der Waals surface area contributed by atoms with E-state index in [2.05, 4.69) is 42.6 Å². The van der Waals surface area contributed by atoms with Gasteiger partial charge in [0.1, 0.15) is 0 Å². The van der Waals surface area contributed by atoms with Gasteiger partial charge in [-0.15, -0.1) is 0 Å². The van der Waals surface area contributed by atoms with E-state index in [-0.39, 0.29) is 0 Å². The number of aryl methyl sites for hydroxylation is 1. The second-order valence-electron chi connectivity index (χ2n) is 4.29. The van der Waals surface area contributed by atoms with Crippen molar-refractivity contribution in [3.05, 3.63) is 59.7 Å². The fraction of sp³-hybridized carbons (Fsp3) is 0.200. The molecule has 2 aromatic carbocycles. The van der Waals surface area contributed by atoms with E-state index < -0.39 is 0 Å². The fourth-order valence-corrected chi connectivity index (χ4v) is 1.77. The van der Waals surface area contributed by atoms with Gasteiger partial charge in [0.2, 0.25) is 0 Å². The molecule has 0 aliphatic carbocycles. The Labute approximate surface area is 102 Å². The fourth-order valence-electron chi connectivity index (χ4n) is 1.77. The molecule has 0 fully saturated rings. The van der Waals surface area contributed by atoms with Gasteiger partial charge >= 0.3 is 0 Å². The van der Waals surface area contributed by atoms with Crippen LogP contribution in [0.3, 0.4) is 0 Å². The molecular formula is C15H18N2. The highest BCUT2D eigenvalue weighted by Gasteiger charge is 1.94. The van der Waals surface area contributed by atoms with Crippen molar-refractivity contribution >= 4 is 11.4 Å². The van der Waals surface area contributed by atoms with Crippen LogP contribution in [0.4, 0.5) is 11.4 Å². The summed E-state index contributed by atoms with van der Waals surface area (Å²) < 4.78 is 0. The molecule has 0 unspecified atom stereocenters. The molecule has 0 aliphatic heterocycles. The number of anilines is 2. The molecule has 2 aromatic rings. The monoisotopic (exact) mass is 226 g/mol. The molecule has 0 atom stereocenters. The molecule has 2 nitrogen and oxygen atoms in total. The number of hydrogen-bond acceptors (Lipinski definition) is 2. The average Bonchev–Trinajstić information content (AvgIpc) is 2.32. The Kier molecular flexibility index (Phi) is 3.66. The molecule has 0 amide bonds. The molecule has 0 saturated carbocycles. The van der Waals surface area contributed by atoms with Crippen LogP contribution < -0.4 is 11.1 Å². The van der Waals surface area contributed by atoms with Gasteiger partial charge in [-0.1, -0.05) is 29.8 Å². The predicted molar refractivity (Wildman–Crippen MR) is 74.2 cm³/mol. The van der Waals surface area contributed by atoms with Crippen LogP contribution >= 0.6 is 0 Å². The summed E-state index contributed by atoms with van der Waals surface area (Å²) in [4.78, 5) is 0. The van der Waals surface area contributed by atoms with Crippen LogP contribution in [0, 0.1) is 6.92 Å². The van der Waals surface area contributed by atoms with Gasteiger partial charge in [-0.2, -0.15) is 0 Å². The second kappa shape index (κ2) is 5.39. The lowest BCUT2D eigenvalue weighted by molar-refractivity contribution is 1.02. The normalized spacial score (nSPS) is 10.2. The van der Waals surface area contributed by atoms with Crippen molar-refractivity contribution in [2.45, 2.75) is 13.3 Å². The number of nitrogens with two attached hydrogens (primary N) is 1. The second-order valence-corrected chi connectivity index (χ2v) is 4.29. The van der Waals surface area contributed by atoms with Gasteiger partial charge < -0.3 is 11.1 Å². The first-order chi connectivity index (χ1) is 8.24. The molecule has 0 spiro atoms. The molecule has 2 rings (SSSR count). The summed E-state index contributed by atoms with van der Waals surface area (Å²) in [5.41, 5.74) is 10.3. The van der Waals surface area contributed by atoms with Gasteiger partial charge in [0, 0.05) is 17.9 Å². The minimum absolute atomic E-state index is 0.831. The average molecular weight is 226 g/mol. The molecule has 17 heavy (non-hydrogen) atoms. The zero-order chi connectivity index (χ0) is 12.1. The van der Waals surface area contributed by atoms with Crippen LogP contribution in [0.5, 0.6) is 0 Å². The molecule has 0 aromatic heterocycles. The van der Waals surface area contributed by atoms with Gasteiger partial charge in [0.05, 0.1) is 0 Å². The molecule has 0 bridgehead atoms. The first-order valence-corrected chi connectivity index (χ1v) is 5.89. The predicted octanol–water partition coefficient (Wildman–Crippen LogP) is 3.23. The molecule has 0 aliphatic rings. The van der Waals surface area contributed by atoms with Crippen molar-refractivity contribution in [1.82, 2.24) is 0 Å². The van der Waals surface area contributed by atoms with Crippen LogP contribution in [-0.2, 0) is 6.42 Å². The van der Waals surface area contributed by atoms with E-state index in [0.717, 1.165) is 18.7 Å². The van der Waals surface area contributed by atoms with Gasteiger partial charge in [-0.25, -0.2) is 0 Å². The maximum atomic E-state index is 5.74. The summed E-state index contributed by atoms with van der Waals surface area (Å²) in [7, 11) is 0. The zero-order valence-electron chi connectivity index (χ0n) is 10.1. The van der Waals surface area contributed by atoms with E-state index in [4.69, 9.17) is 5.73 Å². The summed E-state index contributed by atoms with van der Waals surface area (Å²) in [5, 5.41) is 3.40. The summed E-state index contributed by atoms with van der Waals surface area (Å²) in [6.45, 7) is 3.02. The van der Waals surface area contributed by atoms with Crippen molar-refractivity contribution in [1.29, 1.82) is 0 Å². The third-order valence-corrected chi connectivity index (χ3v) is 2.75. The highest BCUT2D eigenvalue weighted by atomic mass is 14.9. The summed E-state index contributed by atoms with van der Waals surface area (Å²) in [6.07, 6.45) is 0.985. The van der Waals surface area contributed by atoms with Crippen LogP contribution in [0.25, 0.3) is 0 Å². The lowest BCUT2D eigenvalue weighted by Crippen LogP contribution is -2.04. The van der Waals surface area contributed by atoms with Crippen molar-refractivity contribution in [3.63, 3.8) is 0 Å². The molecule has 3 N–H and O–H groups in total. The lowest BCUT2D eigenvalue weighted by Gasteiger charge is -2.07. The topological polar surface area (TPSA) is 38.0 Å². The number of hydrogen-bond donors (Lipinski definition) is 2. The van der Waals surface area contributed by atoms with Crippen LogP contribution in [0.1, 0.15) is 11.1 Å². The molecular weight excluding hydrogens is 208 g/mol. The Balaban J connectivity index is 1.85. The van der Waals surface area contributed by atoms with E-state index in [1.54, 1.807) is 0 Å². The van der Waals surface area contributed by atoms with E-state index >= 15 is 0 Å². The smallest absolute Gasteiger partial charge is 0.0340 e. The van der Waals surface area contributed by atoms with Gasteiger partial charge in [0.25, 0.3) is 0 Å². The quantitative estimate of drug-likeness (QED) is 0.785. The van der Waals surface area contributed by atoms with Crippen molar-refractivity contribution < 1.29 is 0 Å². The van der Waals surface area contributed by atoms with Gasteiger partial charge in [0.15, 0.2) is 0 Å². The maximum Gasteiger partial charge on any atom is 0.0340 e.